The molecule has 0 fully saturated rings. The normalized spacial score (nSPS) is 11.6. The van der Waals surface area contributed by atoms with E-state index in [0.29, 0.717) is 28.8 Å². The predicted molar refractivity (Wildman–Crippen MR) is 78.5 cm³/mol. The summed E-state index contributed by atoms with van der Waals surface area (Å²) in [5.41, 5.74) is 0.410. The van der Waals surface area contributed by atoms with E-state index in [2.05, 4.69) is 10.0 Å². The number of nitrogens with one attached hydrogen (secondary N) is 2. The predicted octanol–water partition coefficient (Wildman–Crippen LogP) is 2.76. The van der Waals surface area contributed by atoms with Gasteiger partial charge in [0.25, 0.3) is 10.0 Å². The zero-order valence-electron chi connectivity index (χ0n) is 11.1. The summed E-state index contributed by atoms with van der Waals surface area (Å²) in [7, 11) is -1.93. The summed E-state index contributed by atoms with van der Waals surface area (Å²) >= 11 is 5.83. The van der Waals surface area contributed by atoms with Crippen molar-refractivity contribution < 1.29 is 12.8 Å². The lowest BCUT2D eigenvalue weighted by atomic mass is 10.3. The van der Waals surface area contributed by atoms with Crippen LogP contribution < -0.4 is 10.0 Å². The Kier molecular flexibility index (Phi) is 4.37. The average molecular weight is 315 g/mol. The van der Waals surface area contributed by atoms with Gasteiger partial charge in [-0.1, -0.05) is 17.7 Å². The van der Waals surface area contributed by atoms with E-state index in [1.165, 1.54) is 6.07 Å². The van der Waals surface area contributed by atoms with Crippen molar-refractivity contribution in [3.8, 4) is 0 Å². The molecule has 0 aliphatic heterocycles. The van der Waals surface area contributed by atoms with Gasteiger partial charge < -0.3 is 9.73 Å². The van der Waals surface area contributed by atoms with Crippen LogP contribution in [0.4, 0.5) is 5.69 Å². The number of rotatable bonds is 5. The Hall–Kier alpha value is -1.50. The maximum Gasteiger partial charge on any atom is 0.265 e. The number of hydrogen-bond donors (Lipinski definition) is 2. The van der Waals surface area contributed by atoms with Crippen LogP contribution in [-0.4, -0.2) is 15.5 Å². The summed E-state index contributed by atoms with van der Waals surface area (Å²) in [6.45, 7) is 2.08. The molecule has 5 nitrogen and oxygen atoms in total. The van der Waals surface area contributed by atoms with Gasteiger partial charge in [0.2, 0.25) is 0 Å². The van der Waals surface area contributed by atoms with Gasteiger partial charge in [-0.2, -0.15) is 0 Å². The minimum absolute atomic E-state index is 0.128. The number of anilines is 1. The summed E-state index contributed by atoms with van der Waals surface area (Å²) in [5, 5.41) is 3.37. The SMILES string of the molecule is CNCc1cc(S(=O)(=O)Nc2cccc(Cl)c2)c(C)o1. The van der Waals surface area contributed by atoms with Gasteiger partial charge in [0.05, 0.1) is 12.2 Å². The molecule has 2 N–H and O–H groups in total. The lowest BCUT2D eigenvalue weighted by Crippen LogP contribution is -2.13. The highest BCUT2D eigenvalue weighted by Gasteiger charge is 2.21. The molecule has 0 saturated heterocycles. The van der Waals surface area contributed by atoms with Crippen molar-refractivity contribution in [2.24, 2.45) is 0 Å². The molecule has 7 heteroatoms. The van der Waals surface area contributed by atoms with E-state index in [1.54, 1.807) is 38.2 Å². The Morgan fingerprint density at radius 3 is 2.70 bits per heavy atom. The zero-order chi connectivity index (χ0) is 14.8. The van der Waals surface area contributed by atoms with Crippen molar-refractivity contribution in [1.29, 1.82) is 0 Å². The zero-order valence-corrected chi connectivity index (χ0v) is 12.7. The molecule has 0 bridgehead atoms. The van der Waals surface area contributed by atoms with Crippen molar-refractivity contribution >= 4 is 27.3 Å². The molecule has 20 heavy (non-hydrogen) atoms. The van der Waals surface area contributed by atoms with Crippen LogP contribution in [0.25, 0.3) is 0 Å². The van der Waals surface area contributed by atoms with E-state index in [0.717, 1.165) is 0 Å². The molecular weight excluding hydrogens is 300 g/mol. The Balaban J connectivity index is 2.30. The Bertz CT molecular complexity index is 710. The second-order valence-corrected chi connectivity index (χ2v) is 6.37. The van der Waals surface area contributed by atoms with Gasteiger partial charge in [-0.25, -0.2) is 8.42 Å². The molecule has 1 aromatic heterocycles. The van der Waals surface area contributed by atoms with Crippen molar-refractivity contribution in [3.05, 3.63) is 46.9 Å². The summed E-state index contributed by atoms with van der Waals surface area (Å²) in [5.74, 6) is 0.918. The smallest absolute Gasteiger partial charge is 0.265 e. The Morgan fingerprint density at radius 1 is 1.30 bits per heavy atom. The van der Waals surface area contributed by atoms with E-state index in [-0.39, 0.29) is 4.90 Å². The highest BCUT2D eigenvalue weighted by molar-refractivity contribution is 7.92. The Morgan fingerprint density at radius 2 is 2.05 bits per heavy atom. The van der Waals surface area contributed by atoms with Crippen molar-refractivity contribution in [2.45, 2.75) is 18.4 Å². The monoisotopic (exact) mass is 314 g/mol. The van der Waals surface area contributed by atoms with E-state index >= 15 is 0 Å². The van der Waals surface area contributed by atoms with Crippen molar-refractivity contribution in [2.75, 3.05) is 11.8 Å². The third kappa shape index (κ3) is 3.33. The molecule has 0 spiro atoms. The van der Waals surface area contributed by atoms with E-state index in [9.17, 15) is 8.42 Å². The standard InChI is InChI=1S/C13H15ClN2O3S/c1-9-13(7-12(19-9)8-15-2)20(17,18)16-11-5-3-4-10(14)6-11/h3-7,15-16H,8H2,1-2H3. The van der Waals surface area contributed by atoms with Gasteiger partial charge in [0.1, 0.15) is 16.4 Å². The highest BCUT2D eigenvalue weighted by Crippen LogP contribution is 2.24. The van der Waals surface area contributed by atoms with E-state index in [1.807, 2.05) is 0 Å². The molecule has 2 aromatic rings. The van der Waals surface area contributed by atoms with Gasteiger partial charge in [-0.15, -0.1) is 0 Å². The molecule has 2 rings (SSSR count). The lowest BCUT2D eigenvalue weighted by Gasteiger charge is -2.06. The molecule has 0 radical (unpaired) electrons. The number of sulfonamides is 1. The third-order valence-electron chi connectivity index (χ3n) is 2.64. The maximum atomic E-state index is 12.3. The van der Waals surface area contributed by atoms with Gasteiger partial charge >= 0.3 is 0 Å². The van der Waals surface area contributed by atoms with Gasteiger partial charge in [-0.3, -0.25) is 4.72 Å². The van der Waals surface area contributed by atoms with Gasteiger partial charge in [0.15, 0.2) is 0 Å². The molecule has 1 heterocycles. The number of aryl methyl sites for hydroxylation is 1. The molecule has 0 atom stereocenters. The van der Waals surface area contributed by atoms with E-state index < -0.39 is 10.0 Å². The first kappa shape index (κ1) is 14.9. The molecule has 0 amide bonds. The van der Waals surface area contributed by atoms with Crippen molar-refractivity contribution in [1.82, 2.24) is 5.32 Å². The fourth-order valence-corrected chi connectivity index (χ4v) is 3.26. The van der Waals surface area contributed by atoms with Crippen LogP contribution in [-0.2, 0) is 16.6 Å². The molecule has 0 aliphatic rings. The van der Waals surface area contributed by atoms with Crippen LogP contribution in [0.1, 0.15) is 11.5 Å². The van der Waals surface area contributed by atoms with Crippen LogP contribution in [0.2, 0.25) is 5.02 Å². The summed E-state index contributed by atoms with van der Waals surface area (Å²) in [6, 6.07) is 8.04. The van der Waals surface area contributed by atoms with Gasteiger partial charge in [0, 0.05) is 11.1 Å². The van der Waals surface area contributed by atoms with Crippen LogP contribution in [0, 0.1) is 6.92 Å². The quantitative estimate of drug-likeness (QED) is 0.890. The summed E-state index contributed by atoms with van der Waals surface area (Å²) < 4.78 is 32.5. The molecule has 0 saturated carbocycles. The first-order valence-corrected chi connectivity index (χ1v) is 7.81. The minimum atomic E-state index is -3.69. The van der Waals surface area contributed by atoms with Crippen molar-refractivity contribution in [3.63, 3.8) is 0 Å². The van der Waals surface area contributed by atoms with E-state index in [4.69, 9.17) is 16.0 Å². The topological polar surface area (TPSA) is 71.3 Å². The largest absolute Gasteiger partial charge is 0.464 e. The number of hydrogen-bond acceptors (Lipinski definition) is 4. The second kappa shape index (κ2) is 5.87. The molecular formula is C13H15ClN2O3S. The molecule has 0 aliphatic carbocycles. The first-order valence-electron chi connectivity index (χ1n) is 5.94. The number of benzene rings is 1. The van der Waals surface area contributed by atoms with Crippen LogP contribution in [0.5, 0.6) is 0 Å². The summed E-state index contributed by atoms with van der Waals surface area (Å²) in [4.78, 5) is 0.128. The molecule has 108 valence electrons. The maximum absolute atomic E-state index is 12.3. The lowest BCUT2D eigenvalue weighted by molar-refractivity contribution is 0.466. The van der Waals surface area contributed by atoms with Gasteiger partial charge in [-0.05, 0) is 32.2 Å². The summed E-state index contributed by atoms with van der Waals surface area (Å²) in [6.07, 6.45) is 0. The third-order valence-corrected chi connectivity index (χ3v) is 4.36. The van der Waals surface area contributed by atoms with Crippen LogP contribution in [0.15, 0.2) is 39.6 Å². The first-order chi connectivity index (χ1) is 9.42. The minimum Gasteiger partial charge on any atom is -0.464 e. The van der Waals surface area contributed by atoms with Crippen LogP contribution in [0.3, 0.4) is 0 Å². The second-order valence-electron chi connectivity index (χ2n) is 4.28. The molecule has 1 aromatic carbocycles. The molecule has 0 unspecified atom stereocenters. The average Bonchev–Trinajstić information content (AvgIpc) is 2.71. The number of halogens is 1. The fourth-order valence-electron chi connectivity index (χ4n) is 1.81. The number of furan rings is 1. The highest BCUT2D eigenvalue weighted by atomic mass is 35.5. The van der Waals surface area contributed by atoms with Crippen LogP contribution >= 0.6 is 11.6 Å². The fraction of sp³-hybridized carbons (Fsp3) is 0.231. The Labute approximate surface area is 123 Å².